The third-order valence-electron chi connectivity index (χ3n) is 8.09. The Morgan fingerprint density at radius 2 is 0.857 bits per heavy atom. The zero-order valence-electron chi connectivity index (χ0n) is 26.4. The number of aryl methyl sites for hydroxylation is 4. The number of pyridine rings is 2. The second-order valence-corrected chi connectivity index (χ2v) is 10.8. The topological polar surface area (TPSA) is 14.2 Å². The second kappa shape index (κ2) is 15.2. The Bertz CT molecular complexity index is 1360. The maximum Gasteiger partial charge on any atom is 0.206 e. The van der Waals surface area contributed by atoms with E-state index in [1.54, 1.807) is 0 Å². The van der Waals surface area contributed by atoms with Gasteiger partial charge in [-0.1, -0.05) is 48.6 Å². The van der Waals surface area contributed by atoms with E-state index in [4.69, 9.17) is 0 Å². The molecule has 0 fully saturated rings. The summed E-state index contributed by atoms with van der Waals surface area (Å²) in [7, 11) is 0. The van der Waals surface area contributed by atoms with E-state index >= 15 is 0 Å². The van der Waals surface area contributed by atoms with Crippen molar-refractivity contribution in [3.63, 3.8) is 0 Å². The van der Waals surface area contributed by atoms with Crippen LogP contribution in [0.1, 0.15) is 61.1 Å². The molecule has 4 aromatic rings. The Morgan fingerprint density at radius 1 is 0.500 bits per heavy atom. The third kappa shape index (κ3) is 8.19. The summed E-state index contributed by atoms with van der Waals surface area (Å²) in [6, 6.07) is 22.1. The standard InChI is InChI=1S/C38H48N4/c1-7-41(8-2)37-19-13-33(14-20-37)11-17-35-23-25-39(29-31(35)5)27-28-40-26-24-36(32(6)30-40)18-12-34-15-21-38(22-16-34)42(9-3)10-4/h11-26,29-30H,7-10,27-28H2,1-6H3/q+2. The Morgan fingerprint density at radius 3 is 1.17 bits per heavy atom. The van der Waals surface area contributed by atoms with Gasteiger partial charge >= 0.3 is 0 Å². The molecule has 0 aliphatic heterocycles. The van der Waals surface area contributed by atoms with Gasteiger partial charge in [-0.2, -0.15) is 9.13 Å². The lowest BCUT2D eigenvalue weighted by molar-refractivity contribution is -0.778. The lowest BCUT2D eigenvalue weighted by Gasteiger charge is -2.20. The van der Waals surface area contributed by atoms with Gasteiger partial charge in [0.05, 0.1) is 0 Å². The maximum absolute atomic E-state index is 2.37. The van der Waals surface area contributed by atoms with Crippen LogP contribution in [-0.2, 0) is 13.1 Å². The van der Waals surface area contributed by atoms with E-state index in [2.05, 4.69) is 170 Å². The largest absolute Gasteiger partial charge is 0.372 e. The molecule has 0 amide bonds. The van der Waals surface area contributed by atoms with Gasteiger partial charge in [0.25, 0.3) is 0 Å². The molecule has 0 saturated heterocycles. The smallest absolute Gasteiger partial charge is 0.206 e. The summed E-state index contributed by atoms with van der Waals surface area (Å²) in [5, 5.41) is 0. The molecular weight excluding hydrogens is 512 g/mol. The summed E-state index contributed by atoms with van der Waals surface area (Å²) < 4.78 is 4.56. The molecule has 0 radical (unpaired) electrons. The maximum atomic E-state index is 2.37. The van der Waals surface area contributed by atoms with Crippen LogP contribution in [0.5, 0.6) is 0 Å². The highest BCUT2D eigenvalue weighted by atomic mass is 15.1. The SMILES string of the molecule is CCN(CC)c1ccc(/C=C/c2cc[n+](CC[n+]3ccc(/C=C/c4ccc(N(CC)CC)cc4)c(C)c3)cc2C)cc1. The molecule has 2 aromatic heterocycles. The normalized spacial score (nSPS) is 11.5. The van der Waals surface area contributed by atoms with Crippen LogP contribution in [0.3, 0.4) is 0 Å². The van der Waals surface area contributed by atoms with Crippen LogP contribution in [0.15, 0.2) is 85.5 Å². The monoisotopic (exact) mass is 560 g/mol. The highest BCUT2D eigenvalue weighted by Crippen LogP contribution is 2.18. The first-order valence-electron chi connectivity index (χ1n) is 15.5. The molecule has 42 heavy (non-hydrogen) atoms. The quantitative estimate of drug-likeness (QED) is 0.156. The number of anilines is 2. The van der Waals surface area contributed by atoms with Crippen LogP contribution in [0.25, 0.3) is 24.3 Å². The molecule has 0 aliphatic rings. The predicted molar refractivity (Wildman–Crippen MR) is 181 cm³/mol. The van der Waals surface area contributed by atoms with Crippen molar-refractivity contribution in [3.8, 4) is 0 Å². The van der Waals surface area contributed by atoms with E-state index in [-0.39, 0.29) is 0 Å². The Kier molecular flexibility index (Phi) is 11.1. The molecule has 4 nitrogen and oxygen atoms in total. The number of nitrogens with zero attached hydrogens (tertiary/aromatic N) is 4. The Labute approximate surface area is 253 Å². The molecule has 218 valence electrons. The fourth-order valence-electron chi connectivity index (χ4n) is 5.37. The van der Waals surface area contributed by atoms with Gasteiger partial charge in [-0.05, 0) is 88.1 Å². The minimum Gasteiger partial charge on any atom is -0.372 e. The zero-order chi connectivity index (χ0) is 29.9. The van der Waals surface area contributed by atoms with Gasteiger partial charge in [0.15, 0.2) is 24.8 Å². The van der Waals surface area contributed by atoms with E-state index < -0.39 is 0 Å². The van der Waals surface area contributed by atoms with Crippen molar-refractivity contribution in [2.24, 2.45) is 0 Å². The number of benzene rings is 2. The molecule has 0 N–H and O–H groups in total. The van der Waals surface area contributed by atoms with Crippen molar-refractivity contribution in [1.29, 1.82) is 0 Å². The van der Waals surface area contributed by atoms with E-state index in [0.29, 0.717) is 0 Å². The minimum atomic E-state index is 0.926. The molecule has 4 heteroatoms. The van der Waals surface area contributed by atoms with Crippen LogP contribution < -0.4 is 18.9 Å². The van der Waals surface area contributed by atoms with Crippen LogP contribution in [0.2, 0.25) is 0 Å². The highest BCUT2D eigenvalue weighted by molar-refractivity contribution is 5.72. The fourth-order valence-corrected chi connectivity index (χ4v) is 5.37. The fraction of sp³-hybridized carbons (Fsp3) is 0.316. The van der Waals surface area contributed by atoms with E-state index in [1.165, 1.54) is 44.8 Å². The molecule has 2 heterocycles. The average Bonchev–Trinajstić information content (AvgIpc) is 3.01. The molecule has 2 aromatic carbocycles. The highest BCUT2D eigenvalue weighted by Gasteiger charge is 2.10. The lowest BCUT2D eigenvalue weighted by atomic mass is 10.1. The molecular formula is C38H48N4+2. The van der Waals surface area contributed by atoms with Crippen LogP contribution in [0, 0.1) is 13.8 Å². The minimum absolute atomic E-state index is 0.926. The summed E-state index contributed by atoms with van der Waals surface area (Å²) in [5.74, 6) is 0. The van der Waals surface area contributed by atoms with Crippen molar-refractivity contribution in [3.05, 3.63) is 119 Å². The van der Waals surface area contributed by atoms with E-state index in [0.717, 1.165) is 39.3 Å². The van der Waals surface area contributed by atoms with Gasteiger partial charge in [-0.25, -0.2) is 0 Å². The van der Waals surface area contributed by atoms with Gasteiger partial charge in [0.2, 0.25) is 13.1 Å². The third-order valence-corrected chi connectivity index (χ3v) is 8.09. The van der Waals surface area contributed by atoms with Crippen LogP contribution in [0.4, 0.5) is 11.4 Å². The Balaban J connectivity index is 1.33. The van der Waals surface area contributed by atoms with Crippen LogP contribution >= 0.6 is 0 Å². The zero-order valence-corrected chi connectivity index (χ0v) is 26.4. The number of hydrogen-bond donors (Lipinski definition) is 0. The van der Waals surface area contributed by atoms with E-state index in [9.17, 15) is 0 Å². The average molecular weight is 561 g/mol. The summed E-state index contributed by atoms with van der Waals surface area (Å²) >= 11 is 0. The van der Waals surface area contributed by atoms with Gasteiger partial charge in [0, 0.05) is 60.8 Å². The van der Waals surface area contributed by atoms with Crippen LogP contribution in [-0.4, -0.2) is 26.2 Å². The first-order chi connectivity index (χ1) is 20.4. The van der Waals surface area contributed by atoms with Gasteiger partial charge in [-0.15, -0.1) is 0 Å². The van der Waals surface area contributed by atoms with Crippen molar-refractivity contribution in [2.75, 3.05) is 36.0 Å². The molecule has 0 atom stereocenters. The van der Waals surface area contributed by atoms with Crippen molar-refractivity contribution < 1.29 is 9.13 Å². The molecule has 0 spiro atoms. The van der Waals surface area contributed by atoms with Crippen molar-refractivity contribution in [2.45, 2.75) is 54.6 Å². The molecule has 0 aliphatic carbocycles. The predicted octanol–water partition coefficient (Wildman–Crippen LogP) is 7.61. The summed E-state index contributed by atoms with van der Waals surface area (Å²) in [6.07, 6.45) is 17.7. The van der Waals surface area contributed by atoms with Crippen molar-refractivity contribution in [1.82, 2.24) is 0 Å². The number of hydrogen-bond acceptors (Lipinski definition) is 2. The number of aromatic nitrogens is 2. The summed E-state index contributed by atoms with van der Waals surface area (Å²) in [4.78, 5) is 4.74. The lowest BCUT2D eigenvalue weighted by Crippen LogP contribution is -2.44. The Hall–Kier alpha value is -4.18. The van der Waals surface area contributed by atoms with E-state index in [1.807, 2.05) is 0 Å². The first-order valence-corrected chi connectivity index (χ1v) is 15.5. The van der Waals surface area contributed by atoms with Gasteiger partial charge in [0.1, 0.15) is 0 Å². The number of rotatable bonds is 13. The molecule has 4 rings (SSSR count). The second-order valence-electron chi connectivity index (χ2n) is 10.8. The molecule has 0 bridgehead atoms. The van der Waals surface area contributed by atoms with Gasteiger partial charge in [-0.3, -0.25) is 0 Å². The molecule has 0 saturated carbocycles. The first kappa shape index (κ1) is 30.8. The summed E-state index contributed by atoms with van der Waals surface area (Å²) in [5.41, 5.74) is 10.1. The summed E-state index contributed by atoms with van der Waals surface area (Å²) in [6.45, 7) is 19.2. The van der Waals surface area contributed by atoms with Gasteiger partial charge < -0.3 is 9.80 Å². The van der Waals surface area contributed by atoms with Crippen molar-refractivity contribution >= 4 is 35.7 Å². The molecule has 0 unspecified atom stereocenters.